The van der Waals surface area contributed by atoms with E-state index < -0.39 is 0 Å². The predicted molar refractivity (Wildman–Crippen MR) is 74.1 cm³/mol. The zero-order valence-electron chi connectivity index (χ0n) is 9.67. The summed E-state index contributed by atoms with van der Waals surface area (Å²) in [6.07, 6.45) is 3.08. The largest absolute Gasteiger partial charge is 0.324 e. The quantitative estimate of drug-likeness (QED) is 0.882. The first-order valence-electron chi connectivity index (χ1n) is 6.02. The molecular formula is C14H16N2S. The number of thioether (sulfide) groups is 1. The second-order valence-electron chi connectivity index (χ2n) is 4.60. The number of rotatable bonds is 2. The van der Waals surface area contributed by atoms with Crippen molar-refractivity contribution in [2.45, 2.75) is 12.5 Å². The van der Waals surface area contributed by atoms with Gasteiger partial charge in [0.2, 0.25) is 0 Å². The van der Waals surface area contributed by atoms with E-state index in [4.69, 9.17) is 5.73 Å². The van der Waals surface area contributed by atoms with Crippen molar-refractivity contribution in [3.05, 3.63) is 42.1 Å². The van der Waals surface area contributed by atoms with Crippen LogP contribution in [0.3, 0.4) is 0 Å². The van der Waals surface area contributed by atoms with E-state index in [2.05, 4.69) is 29.2 Å². The standard InChI is InChI=1S/C14H16N2S/c15-14(12-5-7-17-9-12)11-4-3-10-2-1-6-16-13(10)8-11/h1-4,6,8,12,14H,5,7,9,15H2. The van der Waals surface area contributed by atoms with Crippen LogP contribution in [0.5, 0.6) is 0 Å². The zero-order chi connectivity index (χ0) is 11.7. The molecule has 2 aromatic rings. The van der Waals surface area contributed by atoms with Crippen molar-refractivity contribution in [3.8, 4) is 0 Å². The molecular weight excluding hydrogens is 228 g/mol. The van der Waals surface area contributed by atoms with Gasteiger partial charge in [0.1, 0.15) is 0 Å². The van der Waals surface area contributed by atoms with Crippen LogP contribution in [-0.4, -0.2) is 16.5 Å². The monoisotopic (exact) mass is 244 g/mol. The van der Waals surface area contributed by atoms with Crippen LogP contribution in [0, 0.1) is 5.92 Å². The molecule has 2 nitrogen and oxygen atoms in total. The topological polar surface area (TPSA) is 38.9 Å². The van der Waals surface area contributed by atoms with Crippen molar-refractivity contribution in [1.82, 2.24) is 4.98 Å². The first-order chi connectivity index (χ1) is 8.34. The van der Waals surface area contributed by atoms with Gasteiger partial charge in [0.15, 0.2) is 0 Å². The summed E-state index contributed by atoms with van der Waals surface area (Å²) in [7, 11) is 0. The van der Waals surface area contributed by atoms with Crippen molar-refractivity contribution in [2.24, 2.45) is 11.7 Å². The molecule has 0 saturated carbocycles. The highest BCUT2D eigenvalue weighted by Crippen LogP contribution is 2.33. The summed E-state index contributed by atoms with van der Waals surface area (Å²) >= 11 is 2.01. The van der Waals surface area contributed by atoms with E-state index in [0.717, 1.165) is 5.52 Å². The normalized spacial score (nSPS) is 21.8. The molecule has 88 valence electrons. The fourth-order valence-corrected chi connectivity index (χ4v) is 3.71. The summed E-state index contributed by atoms with van der Waals surface area (Å²) in [5, 5.41) is 1.18. The molecule has 2 atom stereocenters. The third-order valence-electron chi connectivity index (χ3n) is 3.49. The van der Waals surface area contributed by atoms with Gasteiger partial charge < -0.3 is 5.73 Å². The van der Waals surface area contributed by atoms with E-state index in [0.29, 0.717) is 5.92 Å². The highest BCUT2D eigenvalue weighted by Gasteiger charge is 2.23. The summed E-state index contributed by atoms with van der Waals surface area (Å²) in [6.45, 7) is 0. The molecule has 2 unspecified atom stereocenters. The average molecular weight is 244 g/mol. The van der Waals surface area contributed by atoms with E-state index in [1.54, 1.807) is 0 Å². The highest BCUT2D eigenvalue weighted by atomic mass is 32.2. The maximum Gasteiger partial charge on any atom is 0.0705 e. The lowest BCUT2D eigenvalue weighted by Gasteiger charge is -2.18. The number of benzene rings is 1. The van der Waals surface area contributed by atoms with Crippen LogP contribution in [0.15, 0.2) is 36.5 Å². The maximum atomic E-state index is 6.35. The van der Waals surface area contributed by atoms with Crippen LogP contribution in [0.4, 0.5) is 0 Å². The Kier molecular flexibility index (Phi) is 3.04. The minimum absolute atomic E-state index is 0.163. The zero-order valence-corrected chi connectivity index (χ0v) is 10.5. The molecule has 1 fully saturated rings. The van der Waals surface area contributed by atoms with E-state index in [-0.39, 0.29) is 6.04 Å². The molecule has 2 heterocycles. The van der Waals surface area contributed by atoms with Gasteiger partial charge in [-0.3, -0.25) is 4.98 Å². The third-order valence-corrected chi connectivity index (χ3v) is 4.68. The van der Waals surface area contributed by atoms with Gasteiger partial charge >= 0.3 is 0 Å². The third kappa shape index (κ3) is 2.17. The van der Waals surface area contributed by atoms with E-state index in [1.165, 1.54) is 28.9 Å². The lowest BCUT2D eigenvalue weighted by Crippen LogP contribution is -2.21. The van der Waals surface area contributed by atoms with Crippen LogP contribution in [0.2, 0.25) is 0 Å². The van der Waals surface area contributed by atoms with Crippen LogP contribution < -0.4 is 5.73 Å². The van der Waals surface area contributed by atoms with Crippen LogP contribution in [0.1, 0.15) is 18.0 Å². The van der Waals surface area contributed by atoms with Crippen LogP contribution >= 0.6 is 11.8 Å². The van der Waals surface area contributed by atoms with Crippen molar-refractivity contribution in [2.75, 3.05) is 11.5 Å². The van der Waals surface area contributed by atoms with Crippen LogP contribution in [0.25, 0.3) is 10.9 Å². The second kappa shape index (κ2) is 4.67. The van der Waals surface area contributed by atoms with Gasteiger partial charge in [-0.25, -0.2) is 0 Å². The highest BCUT2D eigenvalue weighted by molar-refractivity contribution is 7.99. The molecule has 1 aromatic carbocycles. The molecule has 3 rings (SSSR count). The Hall–Kier alpha value is -1.06. The number of pyridine rings is 1. The number of nitrogens with two attached hydrogens (primary N) is 1. The summed E-state index contributed by atoms with van der Waals surface area (Å²) in [4.78, 5) is 4.39. The Morgan fingerprint density at radius 1 is 1.35 bits per heavy atom. The Morgan fingerprint density at radius 3 is 3.12 bits per heavy atom. The summed E-state index contributed by atoms with van der Waals surface area (Å²) in [5.41, 5.74) is 8.62. The van der Waals surface area contributed by atoms with Gasteiger partial charge in [-0.05, 0) is 41.5 Å². The number of hydrogen-bond donors (Lipinski definition) is 1. The average Bonchev–Trinajstić information content (AvgIpc) is 2.91. The lowest BCUT2D eigenvalue weighted by atomic mass is 9.93. The number of fused-ring (bicyclic) bond motifs is 1. The van der Waals surface area contributed by atoms with Gasteiger partial charge in [-0.2, -0.15) is 11.8 Å². The molecule has 17 heavy (non-hydrogen) atoms. The fourth-order valence-electron chi connectivity index (χ4n) is 2.40. The Labute approximate surface area is 106 Å². The SMILES string of the molecule is NC(c1ccc2cccnc2c1)C1CCSC1. The van der Waals surface area contributed by atoms with Gasteiger partial charge in [-0.15, -0.1) is 0 Å². The minimum atomic E-state index is 0.163. The summed E-state index contributed by atoms with van der Waals surface area (Å²) < 4.78 is 0. The van der Waals surface area contributed by atoms with Gasteiger partial charge in [0, 0.05) is 17.6 Å². The molecule has 2 N–H and O–H groups in total. The Bertz CT molecular complexity index is 520. The van der Waals surface area contributed by atoms with Crippen LogP contribution in [-0.2, 0) is 0 Å². The van der Waals surface area contributed by atoms with Gasteiger partial charge in [-0.1, -0.05) is 18.2 Å². The molecule has 0 radical (unpaired) electrons. The molecule has 1 aliphatic rings. The molecule has 0 spiro atoms. The Morgan fingerprint density at radius 2 is 2.29 bits per heavy atom. The first-order valence-corrected chi connectivity index (χ1v) is 7.18. The van der Waals surface area contributed by atoms with E-state index >= 15 is 0 Å². The lowest BCUT2D eigenvalue weighted by molar-refractivity contribution is 0.482. The summed E-state index contributed by atoms with van der Waals surface area (Å²) in [6, 6.07) is 10.6. The first kappa shape index (κ1) is 11.1. The predicted octanol–water partition coefficient (Wildman–Crippen LogP) is 2.99. The summed E-state index contributed by atoms with van der Waals surface area (Å²) in [5.74, 6) is 3.08. The van der Waals surface area contributed by atoms with Crippen molar-refractivity contribution < 1.29 is 0 Å². The number of hydrogen-bond acceptors (Lipinski definition) is 3. The second-order valence-corrected chi connectivity index (χ2v) is 5.75. The molecule has 1 aromatic heterocycles. The smallest absolute Gasteiger partial charge is 0.0705 e. The van der Waals surface area contributed by atoms with Crippen molar-refractivity contribution in [3.63, 3.8) is 0 Å². The van der Waals surface area contributed by atoms with Crippen molar-refractivity contribution in [1.29, 1.82) is 0 Å². The van der Waals surface area contributed by atoms with Gasteiger partial charge in [0.25, 0.3) is 0 Å². The molecule has 0 aliphatic carbocycles. The molecule has 1 saturated heterocycles. The fraction of sp³-hybridized carbons (Fsp3) is 0.357. The Balaban J connectivity index is 1.94. The minimum Gasteiger partial charge on any atom is -0.324 e. The van der Waals surface area contributed by atoms with E-state index in [1.807, 2.05) is 24.0 Å². The van der Waals surface area contributed by atoms with Gasteiger partial charge in [0.05, 0.1) is 5.52 Å². The molecule has 3 heteroatoms. The number of nitrogens with zero attached hydrogens (tertiary/aromatic N) is 1. The van der Waals surface area contributed by atoms with E-state index in [9.17, 15) is 0 Å². The maximum absolute atomic E-state index is 6.35. The molecule has 1 aliphatic heterocycles. The van der Waals surface area contributed by atoms with Crippen molar-refractivity contribution >= 4 is 22.7 Å². The molecule has 0 amide bonds. The molecule has 0 bridgehead atoms. The number of aromatic nitrogens is 1.